The minimum absolute atomic E-state index is 0.0878. The maximum absolute atomic E-state index is 10.8. The molecule has 0 bridgehead atoms. The van der Waals surface area contributed by atoms with Crippen LogP contribution in [0.5, 0.6) is 0 Å². The summed E-state index contributed by atoms with van der Waals surface area (Å²) < 4.78 is 0. The molecule has 6 nitrogen and oxygen atoms in total. The van der Waals surface area contributed by atoms with Crippen molar-refractivity contribution in [1.82, 2.24) is 0 Å². The van der Waals surface area contributed by atoms with Gasteiger partial charge in [-0.1, -0.05) is 18.2 Å². The van der Waals surface area contributed by atoms with E-state index in [0.29, 0.717) is 5.69 Å². The van der Waals surface area contributed by atoms with E-state index in [1.54, 1.807) is 12.1 Å². The summed E-state index contributed by atoms with van der Waals surface area (Å²) in [7, 11) is 0. The molecule has 2 aromatic carbocycles. The lowest BCUT2D eigenvalue weighted by molar-refractivity contribution is 0.0697. The van der Waals surface area contributed by atoms with Crippen molar-refractivity contribution in [2.24, 2.45) is 15.2 Å². The first-order chi connectivity index (χ1) is 10.6. The van der Waals surface area contributed by atoms with Crippen LogP contribution in [0.4, 0.5) is 11.4 Å². The van der Waals surface area contributed by atoms with Crippen molar-refractivity contribution in [3.8, 4) is 0 Å². The highest BCUT2D eigenvalue weighted by Gasteiger charge is 2.27. The van der Waals surface area contributed by atoms with E-state index in [4.69, 9.17) is 5.11 Å². The lowest BCUT2D eigenvalue weighted by Crippen LogP contribution is -2.03. The molecule has 2 N–H and O–H groups in total. The van der Waals surface area contributed by atoms with Gasteiger partial charge in [0.25, 0.3) is 0 Å². The van der Waals surface area contributed by atoms with E-state index in [1.807, 2.05) is 25.1 Å². The number of rotatable bonds is 3. The van der Waals surface area contributed by atoms with Gasteiger partial charge in [-0.3, -0.25) is 0 Å². The first-order valence-corrected chi connectivity index (χ1v) is 6.67. The van der Waals surface area contributed by atoms with Crippen molar-refractivity contribution >= 4 is 23.2 Å². The molecule has 0 fully saturated rings. The number of benzene rings is 2. The molecule has 22 heavy (non-hydrogen) atoms. The zero-order chi connectivity index (χ0) is 15.7. The topological polar surface area (TPSA) is 94.6 Å². The quantitative estimate of drug-likeness (QED) is 0.834. The van der Waals surface area contributed by atoms with E-state index in [2.05, 4.69) is 15.2 Å². The molecule has 1 aliphatic heterocycles. The number of aromatic carboxylic acids is 1. The largest absolute Gasteiger partial charge is 0.495 e. The third kappa shape index (κ3) is 2.46. The van der Waals surface area contributed by atoms with Crippen LogP contribution in [0.15, 0.2) is 57.7 Å². The van der Waals surface area contributed by atoms with Crippen LogP contribution in [0.1, 0.15) is 27.5 Å². The zero-order valence-corrected chi connectivity index (χ0v) is 11.8. The highest BCUT2D eigenvalue weighted by molar-refractivity contribution is 5.91. The number of aryl methyl sites for hydroxylation is 1. The Morgan fingerprint density at radius 2 is 1.91 bits per heavy atom. The summed E-state index contributed by atoms with van der Waals surface area (Å²) in [6.45, 7) is 1.92. The number of azo groups is 1. The molecule has 1 unspecified atom stereocenters. The fourth-order valence-electron chi connectivity index (χ4n) is 2.28. The average Bonchev–Trinajstić information content (AvgIpc) is 2.83. The third-order valence-electron chi connectivity index (χ3n) is 3.44. The molecular formula is C16H13N3O3. The maximum atomic E-state index is 10.8. The van der Waals surface area contributed by atoms with Crippen molar-refractivity contribution in [2.75, 3.05) is 0 Å². The van der Waals surface area contributed by atoms with Gasteiger partial charge in [-0.05, 0) is 36.8 Å². The predicted octanol–water partition coefficient (Wildman–Crippen LogP) is 4.12. The molecule has 1 heterocycles. The van der Waals surface area contributed by atoms with Gasteiger partial charge in [0, 0.05) is 5.56 Å². The first kappa shape index (κ1) is 13.9. The van der Waals surface area contributed by atoms with Crippen LogP contribution in [0.2, 0.25) is 0 Å². The van der Waals surface area contributed by atoms with Crippen molar-refractivity contribution in [2.45, 2.75) is 13.0 Å². The molecule has 0 amide bonds. The van der Waals surface area contributed by atoms with Crippen LogP contribution in [-0.2, 0) is 0 Å². The molecule has 0 saturated carbocycles. The molecule has 0 radical (unpaired) electrons. The zero-order valence-electron chi connectivity index (χ0n) is 11.8. The number of aliphatic imine (C=N–C) groups is 1. The highest BCUT2D eigenvalue weighted by atomic mass is 16.4. The molecule has 2 aromatic rings. The van der Waals surface area contributed by atoms with E-state index in [0.717, 1.165) is 16.8 Å². The summed E-state index contributed by atoms with van der Waals surface area (Å²) >= 11 is 0. The second-order valence-corrected chi connectivity index (χ2v) is 4.95. The predicted molar refractivity (Wildman–Crippen MR) is 81.6 cm³/mol. The van der Waals surface area contributed by atoms with Gasteiger partial charge < -0.3 is 10.2 Å². The standard InChI is InChI=1S/C16H13N3O3/c1-9-3-2-4-12-13(9)17-15(20)14(12)19-18-11-7-5-10(6-8-11)16(21)22/h2-8,14H,1H3,(H,17,20)(H,21,22)/b19-18+. The Hall–Kier alpha value is -3.02. The number of fused-ring (bicyclic) bond motifs is 1. The summed E-state index contributed by atoms with van der Waals surface area (Å²) in [5, 5.41) is 27.0. The molecular weight excluding hydrogens is 282 g/mol. The molecule has 1 atom stereocenters. The van der Waals surface area contributed by atoms with Gasteiger partial charge in [-0.25, -0.2) is 9.79 Å². The van der Waals surface area contributed by atoms with Crippen LogP contribution in [0.25, 0.3) is 0 Å². The SMILES string of the molecule is Cc1cccc2c1N=C(O)C2/N=N/c1ccc(C(=O)O)cc1. The minimum Gasteiger partial charge on any atom is -0.495 e. The van der Waals surface area contributed by atoms with Gasteiger partial charge in [0.15, 0.2) is 6.04 Å². The Bertz CT molecular complexity index is 795. The van der Waals surface area contributed by atoms with Gasteiger partial charge in [-0.15, -0.1) is 0 Å². The summed E-state index contributed by atoms with van der Waals surface area (Å²) in [4.78, 5) is 14.9. The Morgan fingerprint density at radius 3 is 2.59 bits per heavy atom. The number of aliphatic hydroxyl groups is 1. The smallest absolute Gasteiger partial charge is 0.335 e. The number of carbonyl (C=O) groups is 1. The highest BCUT2D eigenvalue weighted by Crippen LogP contribution is 2.38. The Balaban J connectivity index is 1.86. The van der Waals surface area contributed by atoms with E-state index in [9.17, 15) is 9.90 Å². The van der Waals surface area contributed by atoms with Gasteiger partial charge in [0.1, 0.15) is 0 Å². The number of hydrogen-bond donors (Lipinski definition) is 2. The summed E-state index contributed by atoms with van der Waals surface area (Å²) in [5.41, 5.74) is 3.20. The number of para-hydroxylation sites is 1. The maximum Gasteiger partial charge on any atom is 0.335 e. The molecule has 3 rings (SSSR count). The van der Waals surface area contributed by atoms with E-state index in [1.165, 1.54) is 12.1 Å². The number of nitrogens with zero attached hydrogens (tertiary/aromatic N) is 3. The van der Waals surface area contributed by atoms with Crippen LogP contribution in [-0.4, -0.2) is 22.1 Å². The molecule has 0 aromatic heterocycles. The molecule has 6 heteroatoms. The number of carboxylic acids is 1. The van der Waals surface area contributed by atoms with Crippen LogP contribution in [0.3, 0.4) is 0 Å². The first-order valence-electron chi connectivity index (χ1n) is 6.67. The minimum atomic E-state index is -0.992. The molecule has 0 spiro atoms. The monoisotopic (exact) mass is 295 g/mol. The van der Waals surface area contributed by atoms with Crippen LogP contribution < -0.4 is 0 Å². The third-order valence-corrected chi connectivity index (χ3v) is 3.44. The molecule has 110 valence electrons. The molecule has 1 aliphatic rings. The average molecular weight is 295 g/mol. The summed E-state index contributed by atoms with van der Waals surface area (Å²) in [6, 6.07) is 11.1. The van der Waals surface area contributed by atoms with E-state index >= 15 is 0 Å². The molecule has 0 aliphatic carbocycles. The van der Waals surface area contributed by atoms with Gasteiger partial charge in [0.05, 0.1) is 16.9 Å². The van der Waals surface area contributed by atoms with Crippen molar-refractivity contribution < 1.29 is 15.0 Å². The summed E-state index contributed by atoms with van der Waals surface area (Å²) in [6.07, 6.45) is 0. The number of aliphatic hydroxyl groups excluding tert-OH is 1. The van der Waals surface area contributed by atoms with Crippen molar-refractivity contribution in [3.05, 3.63) is 59.2 Å². The van der Waals surface area contributed by atoms with Gasteiger partial charge >= 0.3 is 5.97 Å². The number of hydrogen-bond acceptors (Lipinski definition) is 4. The second-order valence-electron chi connectivity index (χ2n) is 4.95. The Kier molecular flexibility index (Phi) is 3.42. The van der Waals surface area contributed by atoms with Crippen LogP contribution in [0, 0.1) is 6.92 Å². The fraction of sp³-hybridized carbons (Fsp3) is 0.125. The van der Waals surface area contributed by atoms with E-state index in [-0.39, 0.29) is 11.5 Å². The molecule has 0 saturated heterocycles. The van der Waals surface area contributed by atoms with Gasteiger partial charge in [-0.2, -0.15) is 10.2 Å². The number of carboxylic acid groups (broad SMARTS) is 1. The van der Waals surface area contributed by atoms with Crippen LogP contribution >= 0.6 is 0 Å². The summed E-state index contributed by atoms with van der Waals surface area (Å²) in [5.74, 6) is -1.08. The van der Waals surface area contributed by atoms with E-state index < -0.39 is 12.0 Å². The fourth-order valence-corrected chi connectivity index (χ4v) is 2.28. The van der Waals surface area contributed by atoms with Crippen molar-refractivity contribution in [3.63, 3.8) is 0 Å². The van der Waals surface area contributed by atoms with Crippen molar-refractivity contribution in [1.29, 1.82) is 0 Å². The van der Waals surface area contributed by atoms with Gasteiger partial charge in [0.2, 0.25) is 5.90 Å². The lowest BCUT2D eigenvalue weighted by atomic mass is 10.1. The normalized spacial score (nSPS) is 16.6. The Morgan fingerprint density at radius 1 is 1.18 bits per heavy atom. The second kappa shape index (κ2) is 5.40. The Labute approximate surface area is 126 Å². The lowest BCUT2D eigenvalue weighted by Gasteiger charge is -2.05.